The summed E-state index contributed by atoms with van der Waals surface area (Å²) in [4.78, 5) is 37.8. The lowest BCUT2D eigenvalue weighted by molar-refractivity contribution is -0.167. The van der Waals surface area contributed by atoms with Crippen LogP contribution in [0, 0.1) is 0 Å². The third kappa shape index (κ3) is 45.5. The molecule has 0 heterocycles. The fourth-order valence-electron chi connectivity index (χ4n) is 6.27. The third-order valence-electron chi connectivity index (χ3n) is 9.86. The van der Waals surface area contributed by atoms with Crippen LogP contribution in [0.15, 0.2) is 85.1 Å². The molecule has 0 rings (SSSR count). The highest BCUT2D eigenvalue weighted by Crippen LogP contribution is 2.13. The minimum atomic E-state index is -0.793. The molecule has 59 heavy (non-hydrogen) atoms. The number of rotatable bonds is 42. The summed E-state index contributed by atoms with van der Waals surface area (Å²) in [5.74, 6) is -0.942. The summed E-state index contributed by atoms with van der Waals surface area (Å²) in [6, 6.07) is 0. The highest BCUT2D eigenvalue weighted by atomic mass is 16.6. The van der Waals surface area contributed by atoms with Gasteiger partial charge in [0.15, 0.2) is 6.10 Å². The summed E-state index contributed by atoms with van der Waals surface area (Å²) in [6.07, 6.45) is 60.0. The number of esters is 3. The maximum Gasteiger partial charge on any atom is 0.306 e. The fourth-order valence-corrected chi connectivity index (χ4v) is 6.27. The van der Waals surface area contributed by atoms with Crippen LogP contribution in [0.1, 0.15) is 213 Å². The predicted octanol–water partition coefficient (Wildman–Crippen LogP) is 15.6. The van der Waals surface area contributed by atoms with Gasteiger partial charge in [-0.1, -0.05) is 176 Å². The van der Waals surface area contributed by atoms with Gasteiger partial charge in [-0.25, -0.2) is 0 Å². The topological polar surface area (TPSA) is 78.9 Å². The van der Waals surface area contributed by atoms with E-state index in [1.807, 2.05) is 0 Å². The minimum Gasteiger partial charge on any atom is -0.462 e. The van der Waals surface area contributed by atoms with Crippen LogP contribution in [0.5, 0.6) is 0 Å². The quantitative estimate of drug-likeness (QED) is 0.0264. The van der Waals surface area contributed by atoms with Crippen molar-refractivity contribution < 1.29 is 28.6 Å². The average molecular weight is 821 g/mol. The highest BCUT2D eigenvalue weighted by Gasteiger charge is 2.19. The van der Waals surface area contributed by atoms with Crippen molar-refractivity contribution in [3.63, 3.8) is 0 Å². The van der Waals surface area contributed by atoms with Crippen molar-refractivity contribution in [1.29, 1.82) is 0 Å². The molecule has 0 saturated carbocycles. The number of allylic oxidation sites excluding steroid dienone is 14. The molecule has 336 valence electrons. The molecule has 1 unspecified atom stereocenters. The monoisotopic (exact) mass is 821 g/mol. The maximum absolute atomic E-state index is 12.7. The smallest absolute Gasteiger partial charge is 0.306 e. The summed E-state index contributed by atoms with van der Waals surface area (Å²) < 4.78 is 16.7. The number of hydrogen-bond acceptors (Lipinski definition) is 6. The molecule has 0 fully saturated rings. The van der Waals surface area contributed by atoms with Gasteiger partial charge < -0.3 is 14.2 Å². The van der Waals surface area contributed by atoms with Crippen LogP contribution in [0.25, 0.3) is 0 Å². The second-order valence-electron chi connectivity index (χ2n) is 15.6. The molecule has 6 heteroatoms. The van der Waals surface area contributed by atoms with Gasteiger partial charge in [-0.15, -0.1) is 0 Å². The lowest BCUT2D eigenvalue weighted by Crippen LogP contribution is -2.30. The summed E-state index contributed by atoms with van der Waals surface area (Å²) in [7, 11) is 0. The fraction of sp³-hybridized carbons (Fsp3) is 0.679. The Kier molecular flexibility index (Phi) is 44.5. The Morgan fingerprint density at radius 1 is 0.356 bits per heavy atom. The number of ether oxygens (including phenoxy) is 3. The van der Waals surface area contributed by atoms with Crippen molar-refractivity contribution in [3.05, 3.63) is 85.1 Å². The van der Waals surface area contributed by atoms with Crippen LogP contribution < -0.4 is 0 Å². The second-order valence-corrected chi connectivity index (χ2v) is 15.6. The van der Waals surface area contributed by atoms with E-state index in [0.29, 0.717) is 19.3 Å². The molecule has 0 bridgehead atoms. The SMILES string of the molecule is CC/C=C\C/C=C\C/C=C\C/C=C\CCCCCCCCC(=O)OCC(COC(=O)CCCCCC/C=C\CCCC)OC(=O)CCCCCCC/C=C\C/C=C\CC. The van der Waals surface area contributed by atoms with Gasteiger partial charge in [0, 0.05) is 19.3 Å². The van der Waals surface area contributed by atoms with E-state index < -0.39 is 6.10 Å². The summed E-state index contributed by atoms with van der Waals surface area (Å²) in [5, 5.41) is 0. The summed E-state index contributed by atoms with van der Waals surface area (Å²) in [6.45, 7) is 6.32. The standard InChI is InChI=1S/C53H88O6/c1-4-7-10-13-16-19-22-24-25-26-27-28-29-30-32-34-37-40-43-46-52(55)58-49-50(48-57-51(54)45-42-39-36-33-21-18-15-12-9-6-3)59-53(56)47-44-41-38-35-31-23-20-17-14-11-8-5-2/h7-8,10-11,15-20,24-25,27-28,50H,4-6,9,12-14,21-23,26,29-49H2,1-3H3/b10-7-,11-8-,18-15-,19-16-,20-17-,25-24-,28-27-. The molecule has 6 nitrogen and oxygen atoms in total. The van der Waals surface area contributed by atoms with E-state index in [9.17, 15) is 14.4 Å². The van der Waals surface area contributed by atoms with Crippen LogP contribution in [0.4, 0.5) is 0 Å². The number of carbonyl (C=O) groups is 3. The van der Waals surface area contributed by atoms with Gasteiger partial charge in [0.1, 0.15) is 13.2 Å². The normalized spacial score (nSPS) is 12.8. The van der Waals surface area contributed by atoms with Gasteiger partial charge >= 0.3 is 17.9 Å². The molecule has 0 aromatic heterocycles. The Morgan fingerprint density at radius 2 is 0.661 bits per heavy atom. The van der Waals surface area contributed by atoms with Crippen molar-refractivity contribution in [2.45, 2.75) is 219 Å². The molecule has 1 atom stereocenters. The van der Waals surface area contributed by atoms with Crippen LogP contribution in [0.2, 0.25) is 0 Å². The summed E-state index contributed by atoms with van der Waals surface area (Å²) >= 11 is 0. The van der Waals surface area contributed by atoms with Gasteiger partial charge in [0.05, 0.1) is 0 Å². The molecule has 0 radical (unpaired) electrons. The largest absolute Gasteiger partial charge is 0.462 e. The Balaban J connectivity index is 4.38. The van der Waals surface area contributed by atoms with Crippen molar-refractivity contribution in [2.75, 3.05) is 13.2 Å². The second kappa shape index (κ2) is 47.3. The van der Waals surface area contributed by atoms with Crippen molar-refractivity contribution >= 4 is 17.9 Å². The first-order valence-electron chi connectivity index (χ1n) is 24.1. The Labute approximate surface area is 363 Å². The van der Waals surface area contributed by atoms with Gasteiger partial charge in [-0.3, -0.25) is 14.4 Å². The lowest BCUT2D eigenvalue weighted by atomic mass is 10.1. The molecule has 0 saturated heterocycles. The molecule has 0 N–H and O–H groups in total. The van der Waals surface area contributed by atoms with E-state index in [0.717, 1.165) is 148 Å². The predicted molar refractivity (Wildman–Crippen MR) is 251 cm³/mol. The Hall–Kier alpha value is -3.41. The van der Waals surface area contributed by atoms with Gasteiger partial charge in [-0.05, 0) is 103 Å². The first kappa shape index (κ1) is 55.6. The van der Waals surface area contributed by atoms with Crippen molar-refractivity contribution in [1.82, 2.24) is 0 Å². The molecule has 0 aromatic rings. The number of hydrogen-bond donors (Lipinski definition) is 0. The first-order chi connectivity index (χ1) is 29.0. The zero-order chi connectivity index (χ0) is 43.0. The molecule has 0 amide bonds. The van der Waals surface area contributed by atoms with Crippen LogP contribution in [-0.2, 0) is 28.6 Å². The van der Waals surface area contributed by atoms with Gasteiger partial charge in [0.2, 0.25) is 0 Å². The van der Waals surface area contributed by atoms with E-state index in [1.54, 1.807) is 0 Å². The van der Waals surface area contributed by atoms with Gasteiger partial charge in [-0.2, -0.15) is 0 Å². The van der Waals surface area contributed by atoms with Gasteiger partial charge in [0.25, 0.3) is 0 Å². The van der Waals surface area contributed by atoms with Crippen molar-refractivity contribution in [3.8, 4) is 0 Å². The van der Waals surface area contributed by atoms with Crippen LogP contribution >= 0.6 is 0 Å². The number of carbonyl (C=O) groups excluding carboxylic acids is 3. The minimum absolute atomic E-state index is 0.0942. The maximum atomic E-state index is 12.7. The molecule has 0 aliphatic rings. The lowest BCUT2D eigenvalue weighted by Gasteiger charge is -2.18. The Morgan fingerprint density at radius 3 is 1.05 bits per heavy atom. The Bertz CT molecular complexity index is 1170. The zero-order valence-electron chi connectivity index (χ0n) is 38.2. The van der Waals surface area contributed by atoms with Crippen LogP contribution in [0.3, 0.4) is 0 Å². The first-order valence-corrected chi connectivity index (χ1v) is 24.1. The molecular formula is C53H88O6. The van der Waals surface area contributed by atoms with E-state index >= 15 is 0 Å². The highest BCUT2D eigenvalue weighted by molar-refractivity contribution is 5.71. The molecule has 0 spiro atoms. The van der Waals surface area contributed by atoms with E-state index in [-0.39, 0.29) is 31.1 Å². The van der Waals surface area contributed by atoms with Crippen LogP contribution in [-0.4, -0.2) is 37.2 Å². The van der Waals surface area contributed by atoms with Crippen molar-refractivity contribution in [2.24, 2.45) is 0 Å². The van der Waals surface area contributed by atoms with E-state index in [1.165, 1.54) is 25.7 Å². The zero-order valence-corrected chi connectivity index (χ0v) is 38.2. The summed E-state index contributed by atoms with van der Waals surface area (Å²) in [5.41, 5.74) is 0. The molecule has 0 aliphatic heterocycles. The molecule has 0 aromatic carbocycles. The third-order valence-corrected chi connectivity index (χ3v) is 9.86. The molecular weight excluding hydrogens is 733 g/mol. The molecule has 0 aliphatic carbocycles. The van der Waals surface area contributed by atoms with E-state index in [2.05, 4.69) is 106 Å². The van der Waals surface area contributed by atoms with E-state index in [4.69, 9.17) is 14.2 Å². The average Bonchev–Trinajstić information content (AvgIpc) is 3.23. The number of unbranched alkanes of at least 4 members (excludes halogenated alkanes) is 17.